The van der Waals surface area contributed by atoms with E-state index in [-0.39, 0.29) is 28.2 Å². The maximum absolute atomic E-state index is 14.0. The number of benzene rings is 1. The lowest BCUT2D eigenvalue weighted by atomic mass is 10.0. The van der Waals surface area contributed by atoms with E-state index in [4.69, 9.17) is 14.3 Å². The van der Waals surface area contributed by atoms with E-state index in [1.165, 1.54) is 31.0 Å². The summed E-state index contributed by atoms with van der Waals surface area (Å²) in [5.41, 5.74) is 3.32. The number of carbonyl (C=O) groups is 1. The molecule has 0 saturated carbocycles. The lowest BCUT2D eigenvalue weighted by Crippen LogP contribution is -2.25. The van der Waals surface area contributed by atoms with E-state index in [2.05, 4.69) is 46.1 Å². The van der Waals surface area contributed by atoms with Gasteiger partial charge in [0, 0.05) is 20.2 Å². The Labute approximate surface area is 190 Å². The largest absolute Gasteiger partial charge is 0.492 e. The number of hydroxylamine groups is 1. The number of nitrogens with one attached hydrogen (secondary N) is 1. The minimum Gasteiger partial charge on any atom is -0.492 e. The van der Waals surface area contributed by atoms with E-state index in [0.29, 0.717) is 17.9 Å². The number of ether oxygens (including phenoxy) is 2. The standard InChI is InChI=1S/C20H29BrFN3O5Si/c1-12-15(20(27)24-29-3)17(25(23-12)11-30-9-10-31(4,5)6)18(26)13-7-8-14(22)19(28-2)16(13)21/h7-8,18,26H,9-11H2,1-6H3,(H,24,27). The molecule has 0 fully saturated rings. The average molecular weight is 518 g/mol. The molecule has 0 radical (unpaired) electrons. The third-order valence-electron chi connectivity index (χ3n) is 4.64. The Balaban J connectivity index is 2.48. The van der Waals surface area contributed by atoms with E-state index in [0.717, 1.165) is 6.04 Å². The Morgan fingerprint density at radius 3 is 2.61 bits per heavy atom. The Bertz CT molecular complexity index is 933. The van der Waals surface area contributed by atoms with Gasteiger partial charge in [-0.2, -0.15) is 5.10 Å². The van der Waals surface area contributed by atoms with Crippen molar-refractivity contribution in [2.45, 2.75) is 45.4 Å². The molecule has 2 rings (SSSR count). The summed E-state index contributed by atoms with van der Waals surface area (Å²) in [6.45, 7) is 8.98. The van der Waals surface area contributed by atoms with E-state index in [9.17, 15) is 14.3 Å². The number of aryl methyl sites for hydroxylation is 1. The Kier molecular flexibility index (Phi) is 8.78. The van der Waals surface area contributed by atoms with Crippen molar-refractivity contribution in [3.8, 4) is 5.75 Å². The minimum absolute atomic E-state index is 0.0476. The molecule has 1 heterocycles. The molecule has 1 amide bonds. The highest BCUT2D eigenvalue weighted by Crippen LogP contribution is 2.38. The Hall–Kier alpha value is -1.79. The van der Waals surface area contributed by atoms with Gasteiger partial charge in [-0.05, 0) is 35.0 Å². The monoisotopic (exact) mass is 517 g/mol. The van der Waals surface area contributed by atoms with Gasteiger partial charge in [-0.15, -0.1) is 0 Å². The SMILES string of the molecule is CONC(=O)c1c(C)nn(COCC[Si](C)(C)C)c1C(O)c1ccc(F)c(OC)c1Br. The third kappa shape index (κ3) is 6.13. The highest BCUT2D eigenvalue weighted by molar-refractivity contribution is 9.10. The summed E-state index contributed by atoms with van der Waals surface area (Å²) < 4.78 is 26.6. The number of hydrogen-bond acceptors (Lipinski definition) is 6. The van der Waals surface area contributed by atoms with Crippen LogP contribution in [0.4, 0.5) is 4.39 Å². The van der Waals surface area contributed by atoms with Crippen LogP contribution in [0.2, 0.25) is 25.7 Å². The molecular weight excluding hydrogens is 489 g/mol. The summed E-state index contributed by atoms with van der Waals surface area (Å²) >= 11 is 3.29. The van der Waals surface area contributed by atoms with E-state index >= 15 is 0 Å². The molecule has 0 aliphatic rings. The molecule has 2 aromatic rings. The van der Waals surface area contributed by atoms with Gasteiger partial charge in [-0.3, -0.25) is 9.63 Å². The van der Waals surface area contributed by atoms with Crippen molar-refractivity contribution in [2.75, 3.05) is 20.8 Å². The molecule has 172 valence electrons. The summed E-state index contributed by atoms with van der Waals surface area (Å²) in [6, 6.07) is 3.57. The molecule has 1 aromatic carbocycles. The van der Waals surface area contributed by atoms with Crippen LogP contribution >= 0.6 is 15.9 Å². The number of aromatic nitrogens is 2. The quantitative estimate of drug-likeness (QED) is 0.283. The zero-order valence-electron chi connectivity index (χ0n) is 18.6. The number of hydrogen-bond donors (Lipinski definition) is 2. The second-order valence-electron chi connectivity index (χ2n) is 8.21. The number of methoxy groups -OCH3 is 1. The smallest absolute Gasteiger partial charge is 0.278 e. The number of aliphatic hydroxyl groups excluding tert-OH is 1. The van der Waals surface area contributed by atoms with Crippen molar-refractivity contribution >= 4 is 29.9 Å². The van der Waals surface area contributed by atoms with Crippen LogP contribution < -0.4 is 10.2 Å². The number of carbonyl (C=O) groups excluding carboxylic acids is 1. The van der Waals surface area contributed by atoms with Gasteiger partial charge in [0.15, 0.2) is 11.6 Å². The Morgan fingerprint density at radius 1 is 1.35 bits per heavy atom. The fraction of sp³-hybridized carbons (Fsp3) is 0.500. The molecule has 8 nitrogen and oxygen atoms in total. The van der Waals surface area contributed by atoms with Crippen molar-refractivity contribution in [3.63, 3.8) is 0 Å². The van der Waals surface area contributed by atoms with Crippen molar-refractivity contribution in [2.24, 2.45) is 0 Å². The molecule has 11 heteroatoms. The average Bonchev–Trinajstić information content (AvgIpc) is 3.01. The zero-order valence-corrected chi connectivity index (χ0v) is 21.2. The molecular formula is C20H29BrFN3O5Si. The van der Waals surface area contributed by atoms with Crippen molar-refractivity contribution < 1.29 is 28.6 Å². The highest BCUT2D eigenvalue weighted by atomic mass is 79.9. The number of aliphatic hydroxyl groups is 1. The van der Waals surface area contributed by atoms with E-state index in [1.54, 1.807) is 6.92 Å². The predicted octanol–water partition coefficient (Wildman–Crippen LogP) is 3.79. The molecule has 0 saturated heterocycles. The number of amides is 1. The van der Waals surface area contributed by atoms with E-state index < -0.39 is 25.9 Å². The first-order chi connectivity index (χ1) is 14.5. The van der Waals surface area contributed by atoms with Crippen LogP contribution in [0.3, 0.4) is 0 Å². The second-order valence-corrected chi connectivity index (χ2v) is 14.6. The van der Waals surface area contributed by atoms with Crippen LogP contribution in [0, 0.1) is 12.7 Å². The summed E-state index contributed by atoms with van der Waals surface area (Å²) in [5.74, 6) is -1.19. The molecule has 0 aliphatic carbocycles. The third-order valence-corrected chi connectivity index (χ3v) is 7.16. The van der Waals surface area contributed by atoms with Gasteiger partial charge in [0.05, 0.1) is 35.6 Å². The first kappa shape index (κ1) is 25.5. The van der Waals surface area contributed by atoms with Crippen LogP contribution in [0.25, 0.3) is 0 Å². The predicted molar refractivity (Wildman–Crippen MR) is 120 cm³/mol. The maximum Gasteiger partial charge on any atom is 0.278 e. The fourth-order valence-corrected chi connectivity index (χ4v) is 4.48. The lowest BCUT2D eigenvalue weighted by molar-refractivity contribution is 0.0526. The van der Waals surface area contributed by atoms with Crippen LogP contribution in [0.1, 0.15) is 33.4 Å². The molecule has 31 heavy (non-hydrogen) atoms. The molecule has 0 spiro atoms. The van der Waals surface area contributed by atoms with Crippen molar-refractivity contribution in [1.82, 2.24) is 15.3 Å². The van der Waals surface area contributed by atoms with Crippen molar-refractivity contribution in [1.29, 1.82) is 0 Å². The van der Waals surface area contributed by atoms with Gasteiger partial charge >= 0.3 is 0 Å². The number of halogens is 2. The van der Waals surface area contributed by atoms with Gasteiger partial charge in [0.1, 0.15) is 12.8 Å². The van der Waals surface area contributed by atoms with Gasteiger partial charge < -0.3 is 14.6 Å². The lowest BCUT2D eigenvalue weighted by Gasteiger charge is -2.19. The van der Waals surface area contributed by atoms with Gasteiger partial charge in [-0.1, -0.05) is 25.7 Å². The molecule has 1 aromatic heterocycles. The maximum atomic E-state index is 14.0. The molecule has 1 atom stereocenters. The first-order valence-electron chi connectivity index (χ1n) is 9.70. The second kappa shape index (κ2) is 10.7. The van der Waals surface area contributed by atoms with E-state index in [1.807, 2.05) is 0 Å². The topological polar surface area (TPSA) is 94.8 Å². The van der Waals surface area contributed by atoms with Gasteiger partial charge in [-0.25, -0.2) is 14.6 Å². The Morgan fingerprint density at radius 2 is 2.03 bits per heavy atom. The van der Waals surface area contributed by atoms with Crippen LogP contribution in [0.15, 0.2) is 16.6 Å². The fourth-order valence-electron chi connectivity index (χ4n) is 3.02. The molecule has 1 unspecified atom stereocenters. The zero-order chi connectivity index (χ0) is 23.3. The first-order valence-corrected chi connectivity index (χ1v) is 14.2. The normalized spacial score (nSPS) is 12.7. The molecule has 0 bridgehead atoms. The number of nitrogens with zero attached hydrogens (tertiary/aromatic N) is 2. The molecule has 2 N–H and O–H groups in total. The van der Waals surface area contributed by atoms with Crippen LogP contribution in [-0.2, 0) is 16.3 Å². The van der Waals surface area contributed by atoms with Crippen LogP contribution in [0.5, 0.6) is 5.75 Å². The summed E-state index contributed by atoms with van der Waals surface area (Å²) in [7, 11) is 1.36. The van der Waals surface area contributed by atoms with Crippen molar-refractivity contribution in [3.05, 3.63) is 44.9 Å². The van der Waals surface area contributed by atoms with Gasteiger partial charge in [0.25, 0.3) is 5.91 Å². The highest BCUT2D eigenvalue weighted by Gasteiger charge is 2.30. The number of rotatable bonds is 10. The summed E-state index contributed by atoms with van der Waals surface area (Å²) in [6.07, 6.45) is -1.32. The molecule has 0 aliphatic heterocycles. The van der Waals surface area contributed by atoms with Gasteiger partial charge in [0.2, 0.25) is 0 Å². The van der Waals surface area contributed by atoms with Crippen LogP contribution in [-0.4, -0.2) is 49.7 Å². The minimum atomic E-state index is -1.32. The summed E-state index contributed by atoms with van der Waals surface area (Å²) in [5, 5.41) is 15.6. The summed E-state index contributed by atoms with van der Waals surface area (Å²) in [4.78, 5) is 17.4.